The van der Waals surface area contributed by atoms with E-state index < -0.39 is 23.6 Å². The monoisotopic (exact) mass is 851 g/mol. The van der Waals surface area contributed by atoms with Crippen LogP contribution >= 0.6 is 0 Å². The van der Waals surface area contributed by atoms with Crippen LogP contribution in [0.4, 0.5) is 0 Å². The molecule has 1 fully saturated rings. The van der Waals surface area contributed by atoms with Crippen LogP contribution in [0.25, 0.3) is 32.7 Å². The first-order valence-electron chi connectivity index (χ1n) is 20.6. The van der Waals surface area contributed by atoms with E-state index in [1.54, 1.807) is 25.1 Å². The number of ketones is 2. The molecule has 14 heteroatoms. The first-order chi connectivity index (χ1) is 30.5. The lowest BCUT2D eigenvalue weighted by Gasteiger charge is -2.26. The summed E-state index contributed by atoms with van der Waals surface area (Å²) in [5.41, 5.74) is 16.9. The van der Waals surface area contributed by atoms with Gasteiger partial charge in [-0.25, -0.2) is 4.79 Å². The number of carbonyl (C=O) groups excluding carboxylic acids is 5. The molecule has 324 valence electrons. The molecule has 2 aromatic heterocycles. The summed E-state index contributed by atoms with van der Waals surface area (Å²) in [6.07, 6.45) is 0. The fourth-order valence-electron chi connectivity index (χ4n) is 7.87. The molecule has 7 aromatic rings. The normalized spacial score (nSPS) is 12.7. The van der Waals surface area contributed by atoms with Gasteiger partial charge in [0, 0.05) is 49.4 Å². The van der Waals surface area contributed by atoms with Crippen molar-refractivity contribution in [1.82, 2.24) is 14.0 Å². The average molecular weight is 852 g/mol. The van der Waals surface area contributed by atoms with Gasteiger partial charge in [-0.05, 0) is 61.4 Å². The maximum atomic E-state index is 12.8. The zero-order chi connectivity index (χ0) is 44.5. The molecule has 14 nitrogen and oxygen atoms in total. The predicted octanol–water partition coefficient (Wildman–Crippen LogP) is 5.83. The third-order valence-electron chi connectivity index (χ3n) is 10.8. The molecule has 1 saturated heterocycles. The third kappa shape index (κ3) is 10.1. The Kier molecular flexibility index (Phi) is 13.9. The third-order valence-corrected chi connectivity index (χ3v) is 10.8. The summed E-state index contributed by atoms with van der Waals surface area (Å²) in [6.45, 7) is 7.88. The van der Waals surface area contributed by atoms with Gasteiger partial charge >= 0.3 is 5.97 Å². The number of benzene rings is 5. The highest BCUT2D eigenvalue weighted by Gasteiger charge is 2.27. The molecule has 0 atom stereocenters. The highest BCUT2D eigenvalue weighted by molar-refractivity contribution is 6.45. The Labute approximate surface area is 363 Å². The lowest BCUT2D eigenvalue weighted by molar-refractivity contribution is -0.146. The summed E-state index contributed by atoms with van der Waals surface area (Å²) in [5, 5.41) is 2.00. The van der Waals surface area contributed by atoms with Gasteiger partial charge in [0.05, 0.1) is 46.1 Å². The lowest BCUT2D eigenvalue weighted by Crippen LogP contribution is -2.38. The molecule has 2 amide bonds. The van der Waals surface area contributed by atoms with Crippen LogP contribution in [-0.2, 0) is 36.9 Å². The summed E-state index contributed by atoms with van der Waals surface area (Å²) >= 11 is 0. The molecular formula is C49H49N5O9. The molecule has 1 aliphatic heterocycles. The van der Waals surface area contributed by atoms with Crippen LogP contribution in [0, 0.1) is 6.92 Å². The van der Waals surface area contributed by atoms with Crippen molar-refractivity contribution < 1.29 is 42.9 Å². The van der Waals surface area contributed by atoms with E-state index >= 15 is 0 Å². The van der Waals surface area contributed by atoms with E-state index in [1.165, 1.54) is 6.92 Å². The SMILES string of the molecule is CC(=O)COc1cccc2c1c1c(C(N)=O)cccc1n2Cc1ccccc1.Cc1c(C(=O)C(N)=O)c2c(OCC(=O)OCCN3CCOCC3)cccc2n1Cc1ccccc1. The number of amides is 2. The summed E-state index contributed by atoms with van der Waals surface area (Å²) < 4.78 is 26.3. The maximum Gasteiger partial charge on any atom is 0.344 e. The predicted molar refractivity (Wildman–Crippen MR) is 239 cm³/mol. The molecule has 0 radical (unpaired) electrons. The number of primary amides is 2. The highest BCUT2D eigenvalue weighted by atomic mass is 16.6. The lowest BCUT2D eigenvalue weighted by atomic mass is 10.1. The van der Waals surface area contributed by atoms with Gasteiger partial charge in [-0.2, -0.15) is 0 Å². The van der Waals surface area contributed by atoms with Gasteiger partial charge in [0.2, 0.25) is 5.91 Å². The maximum absolute atomic E-state index is 12.8. The molecule has 4 N–H and O–H groups in total. The zero-order valence-corrected chi connectivity index (χ0v) is 35.2. The molecule has 0 saturated carbocycles. The Morgan fingerprint density at radius 3 is 1.76 bits per heavy atom. The molecule has 63 heavy (non-hydrogen) atoms. The minimum Gasteiger partial charge on any atom is -0.485 e. The van der Waals surface area contributed by atoms with E-state index in [-0.39, 0.29) is 31.2 Å². The molecule has 1 aliphatic rings. The van der Waals surface area contributed by atoms with Crippen molar-refractivity contribution in [3.05, 3.63) is 143 Å². The van der Waals surface area contributed by atoms with Gasteiger partial charge in [-0.15, -0.1) is 0 Å². The number of fused-ring (bicyclic) bond motifs is 4. The summed E-state index contributed by atoms with van der Waals surface area (Å²) in [4.78, 5) is 62.6. The fraction of sp³-hybridized carbons (Fsp3) is 0.245. The van der Waals surface area contributed by atoms with Gasteiger partial charge in [0.25, 0.3) is 11.7 Å². The van der Waals surface area contributed by atoms with E-state index in [9.17, 15) is 24.0 Å². The summed E-state index contributed by atoms with van der Waals surface area (Å²) in [7, 11) is 0. The van der Waals surface area contributed by atoms with Gasteiger partial charge in [-0.3, -0.25) is 24.1 Å². The van der Waals surface area contributed by atoms with Gasteiger partial charge in [0.15, 0.2) is 12.4 Å². The first kappa shape index (κ1) is 43.8. The van der Waals surface area contributed by atoms with Crippen molar-refractivity contribution in [3.8, 4) is 11.5 Å². The van der Waals surface area contributed by atoms with Crippen LogP contribution in [-0.4, -0.2) is 96.1 Å². The van der Waals surface area contributed by atoms with Gasteiger partial charge in [-0.1, -0.05) is 78.9 Å². The summed E-state index contributed by atoms with van der Waals surface area (Å²) in [6, 6.07) is 36.4. The second-order valence-corrected chi connectivity index (χ2v) is 15.1. The zero-order valence-electron chi connectivity index (χ0n) is 35.2. The minimum atomic E-state index is -1.05. The Bertz CT molecular complexity index is 2790. The van der Waals surface area contributed by atoms with Crippen molar-refractivity contribution in [2.24, 2.45) is 11.5 Å². The number of hydrogen-bond donors (Lipinski definition) is 2. The number of aromatic nitrogens is 2. The van der Waals surface area contributed by atoms with Crippen molar-refractivity contribution in [3.63, 3.8) is 0 Å². The topological polar surface area (TPSA) is 187 Å². The molecular weight excluding hydrogens is 803 g/mol. The van der Waals surface area contributed by atoms with Crippen LogP contribution in [0.1, 0.15) is 44.5 Å². The molecule has 0 spiro atoms. The minimum absolute atomic E-state index is 0.0246. The van der Waals surface area contributed by atoms with Gasteiger partial charge in [0.1, 0.15) is 24.7 Å². The second-order valence-electron chi connectivity index (χ2n) is 15.1. The van der Waals surface area contributed by atoms with E-state index in [0.717, 1.165) is 46.0 Å². The number of carbonyl (C=O) groups is 5. The molecule has 0 unspecified atom stereocenters. The highest BCUT2D eigenvalue weighted by Crippen LogP contribution is 2.38. The number of nitrogens with zero attached hydrogens (tertiary/aromatic N) is 3. The Hall–Kier alpha value is -7.29. The Morgan fingerprint density at radius 2 is 1.17 bits per heavy atom. The molecule has 8 rings (SSSR count). The number of Topliss-reactive ketones (excluding diaryl/α,β-unsaturated/α-hetero) is 2. The molecule has 0 aliphatic carbocycles. The number of hydrogen-bond acceptors (Lipinski definition) is 10. The number of rotatable bonds is 16. The smallest absolute Gasteiger partial charge is 0.344 e. The number of esters is 1. The van der Waals surface area contributed by atoms with Crippen LogP contribution in [0.3, 0.4) is 0 Å². The number of nitrogens with two attached hydrogens (primary N) is 2. The van der Waals surface area contributed by atoms with E-state index in [2.05, 4.69) is 21.6 Å². The fourth-order valence-corrected chi connectivity index (χ4v) is 7.87. The van der Waals surface area contributed by atoms with Crippen LogP contribution in [0.5, 0.6) is 11.5 Å². The Balaban J connectivity index is 0.000000193. The van der Waals surface area contributed by atoms with Crippen LogP contribution < -0.4 is 20.9 Å². The van der Waals surface area contributed by atoms with Crippen molar-refractivity contribution >= 4 is 62.1 Å². The van der Waals surface area contributed by atoms with Crippen molar-refractivity contribution in [1.29, 1.82) is 0 Å². The Morgan fingerprint density at radius 1 is 0.635 bits per heavy atom. The van der Waals surface area contributed by atoms with Crippen molar-refractivity contribution in [2.75, 3.05) is 52.7 Å². The first-order valence-corrected chi connectivity index (χ1v) is 20.6. The van der Waals surface area contributed by atoms with E-state index in [4.69, 9.17) is 30.4 Å². The largest absolute Gasteiger partial charge is 0.485 e. The average Bonchev–Trinajstić information content (AvgIpc) is 3.76. The number of morpholine rings is 1. The standard InChI is InChI=1S/C26H29N3O6.C23H20N2O3/c1-18-23(25(31)26(27)32)24-20(29(18)16-19-6-3-2-4-7-19)8-5-9-21(24)35-17-22(30)34-15-12-28-10-13-33-14-11-28;1-15(26)14-28-20-12-6-11-19-22(20)21-17(23(24)27)9-5-10-18(21)25(19)13-16-7-3-2-4-8-16/h2-9H,10-17H2,1H3,(H2,27,32);2-12H,13-14H2,1H3,(H2,24,27). The quantitative estimate of drug-likeness (QED) is 0.0681. The van der Waals surface area contributed by atoms with Crippen molar-refractivity contribution in [2.45, 2.75) is 26.9 Å². The summed E-state index contributed by atoms with van der Waals surface area (Å²) in [5.74, 6) is -2.05. The molecule has 5 aromatic carbocycles. The second kappa shape index (κ2) is 20.1. The van der Waals surface area contributed by atoms with Gasteiger partial charge < -0.3 is 39.5 Å². The van der Waals surface area contributed by atoms with E-state index in [0.29, 0.717) is 66.5 Å². The number of ether oxygens (including phenoxy) is 4. The molecule has 3 heterocycles. The van der Waals surface area contributed by atoms with E-state index in [1.807, 2.05) is 89.5 Å². The van der Waals surface area contributed by atoms with Crippen LogP contribution in [0.15, 0.2) is 115 Å². The molecule has 0 bridgehead atoms. The van der Waals surface area contributed by atoms with Crippen LogP contribution in [0.2, 0.25) is 0 Å².